The first-order valence-electron chi connectivity index (χ1n) is 10.3. The van der Waals surface area contributed by atoms with Gasteiger partial charge in [0.15, 0.2) is 5.16 Å². The first kappa shape index (κ1) is 23.5. The number of hydrazone groups is 1. The Kier molecular flexibility index (Phi) is 7.30. The number of amides is 1. The van der Waals surface area contributed by atoms with Gasteiger partial charge in [-0.2, -0.15) is 5.10 Å². The average molecular weight is 493 g/mol. The normalized spacial score (nSPS) is 11.4. The van der Waals surface area contributed by atoms with Gasteiger partial charge in [0.05, 0.1) is 35.2 Å². The highest BCUT2D eigenvalue weighted by atomic mass is 35.5. The lowest BCUT2D eigenvalue weighted by molar-refractivity contribution is -0.118. The molecule has 0 saturated heterocycles. The van der Waals surface area contributed by atoms with Crippen molar-refractivity contribution < 1.29 is 9.53 Å². The van der Waals surface area contributed by atoms with Crippen molar-refractivity contribution in [3.8, 4) is 11.4 Å². The van der Waals surface area contributed by atoms with Crippen LogP contribution in [-0.4, -0.2) is 34.0 Å². The lowest BCUT2D eigenvalue weighted by Crippen LogP contribution is -2.24. The molecule has 1 N–H and O–H groups in total. The fourth-order valence-corrected chi connectivity index (χ4v) is 4.16. The van der Waals surface area contributed by atoms with Crippen LogP contribution in [0.4, 0.5) is 0 Å². The standard InChI is InChI=1S/C25H21ClN4O3S/c1-16(17-7-13-20(33-2)14-8-17)28-29-23(31)15-34-25-27-22-6-4-3-5-21(22)24(32)30(25)19-11-9-18(26)10-12-19/h3-14H,15H2,1-2H3,(H,29,31)/b28-16-. The minimum atomic E-state index is -0.317. The van der Waals surface area contributed by atoms with Crippen molar-refractivity contribution in [2.24, 2.45) is 5.10 Å². The van der Waals surface area contributed by atoms with Gasteiger partial charge in [0.2, 0.25) is 0 Å². The van der Waals surface area contributed by atoms with Crippen LogP contribution in [0.15, 0.2) is 87.8 Å². The van der Waals surface area contributed by atoms with Crippen LogP contribution in [0.1, 0.15) is 12.5 Å². The quantitative estimate of drug-likeness (QED) is 0.175. The second-order valence-electron chi connectivity index (χ2n) is 7.28. The summed E-state index contributed by atoms with van der Waals surface area (Å²) in [5.41, 5.74) is 5.04. The Balaban J connectivity index is 1.55. The second-order valence-corrected chi connectivity index (χ2v) is 8.66. The van der Waals surface area contributed by atoms with Crippen LogP contribution in [0.3, 0.4) is 0 Å². The number of carbonyl (C=O) groups is 1. The molecule has 9 heteroatoms. The number of aromatic nitrogens is 2. The highest BCUT2D eigenvalue weighted by Gasteiger charge is 2.15. The molecule has 0 atom stereocenters. The maximum absolute atomic E-state index is 13.2. The molecule has 7 nitrogen and oxygen atoms in total. The number of para-hydroxylation sites is 1. The number of hydrogen-bond acceptors (Lipinski definition) is 6. The van der Waals surface area contributed by atoms with Crippen molar-refractivity contribution in [2.75, 3.05) is 12.9 Å². The summed E-state index contributed by atoms with van der Waals surface area (Å²) in [6, 6.07) is 21.4. The number of carbonyl (C=O) groups excluding carboxylic acids is 1. The predicted molar refractivity (Wildman–Crippen MR) is 136 cm³/mol. The third-order valence-corrected chi connectivity index (χ3v) is 6.21. The predicted octanol–water partition coefficient (Wildman–Crippen LogP) is 4.68. The maximum Gasteiger partial charge on any atom is 0.266 e. The third kappa shape index (κ3) is 5.30. The first-order chi connectivity index (χ1) is 16.5. The molecule has 0 aliphatic rings. The number of rotatable bonds is 7. The maximum atomic E-state index is 13.2. The van der Waals surface area contributed by atoms with Gasteiger partial charge in [-0.25, -0.2) is 10.4 Å². The van der Waals surface area contributed by atoms with E-state index in [2.05, 4.69) is 15.5 Å². The summed E-state index contributed by atoms with van der Waals surface area (Å²) in [5, 5.41) is 5.63. The molecule has 4 aromatic rings. The summed E-state index contributed by atoms with van der Waals surface area (Å²) in [7, 11) is 1.60. The summed E-state index contributed by atoms with van der Waals surface area (Å²) in [4.78, 5) is 30.4. The fourth-order valence-electron chi connectivity index (χ4n) is 3.23. The summed E-state index contributed by atoms with van der Waals surface area (Å²) in [6.45, 7) is 1.80. The van der Waals surface area contributed by atoms with Gasteiger partial charge in [-0.3, -0.25) is 14.2 Å². The summed E-state index contributed by atoms with van der Waals surface area (Å²) in [5.74, 6) is 0.451. The van der Waals surface area contributed by atoms with E-state index in [1.165, 1.54) is 4.57 Å². The summed E-state index contributed by atoms with van der Waals surface area (Å²) in [6.07, 6.45) is 0. The topological polar surface area (TPSA) is 85.6 Å². The molecular formula is C25H21ClN4O3S. The molecule has 0 fully saturated rings. The minimum absolute atomic E-state index is 0.0256. The molecule has 0 aliphatic carbocycles. The Morgan fingerprint density at radius 2 is 1.79 bits per heavy atom. The van der Waals surface area contributed by atoms with Crippen molar-refractivity contribution in [1.82, 2.24) is 15.0 Å². The van der Waals surface area contributed by atoms with Crippen LogP contribution < -0.4 is 15.7 Å². The number of benzene rings is 3. The summed E-state index contributed by atoms with van der Waals surface area (Å²) >= 11 is 7.17. The number of nitrogens with zero attached hydrogens (tertiary/aromatic N) is 3. The van der Waals surface area contributed by atoms with Crippen molar-refractivity contribution >= 4 is 45.9 Å². The molecule has 0 radical (unpaired) electrons. The Labute approximate surface area is 205 Å². The number of ether oxygens (including phenoxy) is 1. The molecule has 1 amide bonds. The van der Waals surface area contributed by atoms with Crippen molar-refractivity contribution in [2.45, 2.75) is 12.1 Å². The first-order valence-corrected chi connectivity index (χ1v) is 11.7. The molecule has 1 aromatic heterocycles. The van der Waals surface area contributed by atoms with E-state index in [1.54, 1.807) is 56.5 Å². The molecule has 3 aromatic carbocycles. The zero-order chi connectivity index (χ0) is 24.1. The monoisotopic (exact) mass is 492 g/mol. The molecule has 0 saturated carbocycles. The van der Waals surface area contributed by atoms with E-state index < -0.39 is 0 Å². The van der Waals surface area contributed by atoms with Gasteiger partial charge >= 0.3 is 0 Å². The largest absolute Gasteiger partial charge is 0.497 e. The van der Waals surface area contributed by atoms with Gasteiger partial charge in [0.25, 0.3) is 11.5 Å². The molecule has 172 valence electrons. The number of hydrogen-bond donors (Lipinski definition) is 1. The summed E-state index contributed by atoms with van der Waals surface area (Å²) < 4.78 is 6.64. The molecule has 4 rings (SSSR count). The molecular weight excluding hydrogens is 472 g/mol. The molecule has 34 heavy (non-hydrogen) atoms. The number of nitrogens with one attached hydrogen (secondary N) is 1. The van der Waals surface area contributed by atoms with Gasteiger partial charge in [-0.15, -0.1) is 0 Å². The zero-order valence-corrected chi connectivity index (χ0v) is 20.1. The zero-order valence-electron chi connectivity index (χ0n) is 18.5. The van der Waals surface area contributed by atoms with Gasteiger partial charge < -0.3 is 4.74 Å². The Morgan fingerprint density at radius 3 is 2.50 bits per heavy atom. The van der Waals surface area contributed by atoms with Gasteiger partial charge in [0.1, 0.15) is 5.75 Å². The average Bonchev–Trinajstić information content (AvgIpc) is 2.87. The van der Waals surface area contributed by atoms with Crippen LogP contribution >= 0.6 is 23.4 Å². The van der Waals surface area contributed by atoms with E-state index >= 15 is 0 Å². The van der Waals surface area contributed by atoms with Crippen molar-refractivity contribution in [3.05, 3.63) is 93.7 Å². The number of fused-ring (bicyclic) bond motifs is 1. The number of thioether (sulfide) groups is 1. The van der Waals surface area contributed by atoms with Gasteiger partial charge in [-0.05, 0) is 73.2 Å². The van der Waals surface area contributed by atoms with Crippen LogP contribution in [0.5, 0.6) is 5.75 Å². The van der Waals surface area contributed by atoms with Gasteiger partial charge in [0, 0.05) is 5.02 Å². The van der Waals surface area contributed by atoms with E-state index in [-0.39, 0.29) is 17.2 Å². The molecule has 0 spiro atoms. The van der Waals surface area contributed by atoms with E-state index in [1.807, 2.05) is 30.3 Å². The highest BCUT2D eigenvalue weighted by Crippen LogP contribution is 2.22. The Morgan fingerprint density at radius 1 is 1.09 bits per heavy atom. The number of methoxy groups -OCH3 is 1. The van der Waals surface area contributed by atoms with E-state index in [0.717, 1.165) is 23.1 Å². The highest BCUT2D eigenvalue weighted by molar-refractivity contribution is 7.99. The molecule has 1 heterocycles. The van der Waals surface area contributed by atoms with Crippen molar-refractivity contribution in [1.29, 1.82) is 0 Å². The lowest BCUT2D eigenvalue weighted by atomic mass is 10.1. The lowest BCUT2D eigenvalue weighted by Gasteiger charge is -2.13. The smallest absolute Gasteiger partial charge is 0.266 e. The van der Waals surface area contributed by atoms with E-state index in [0.29, 0.717) is 32.5 Å². The Hall–Kier alpha value is -3.62. The van der Waals surface area contributed by atoms with Crippen LogP contribution in [0, 0.1) is 0 Å². The van der Waals surface area contributed by atoms with Crippen molar-refractivity contribution in [3.63, 3.8) is 0 Å². The SMILES string of the molecule is COc1ccc(/C(C)=N\NC(=O)CSc2nc3ccccc3c(=O)n2-c2ccc(Cl)cc2)cc1. The number of halogens is 1. The van der Waals surface area contributed by atoms with Gasteiger partial charge in [-0.1, -0.05) is 35.5 Å². The van der Waals surface area contributed by atoms with Crippen LogP contribution in [-0.2, 0) is 4.79 Å². The molecule has 0 bridgehead atoms. The van der Waals surface area contributed by atoms with Crippen LogP contribution in [0.25, 0.3) is 16.6 Å². The van der Waals surface area contributed by atoms with E-state index in [4.69, 9.17) is 16.3 Å². The van der Waals surface area contributed by atoms with E-state index in [9.17, 15) is 9.59 Å². The fraction of sp³-hybridized carbons (Fsp3) is 0.120. The Bertz CT molecular complexity index is 1420. The molecule has 0 unspecified atom stereocenters. The van der Waals surface area contributed by atoms with Crippen LogP contribution in [0.2, 0.25) is 5.02 Å². The second kappa shape index (κ2) is 10.5. The minimum Gasteiger partial charge on any atom is -0.497 e. The third-order valence-electron chi connectivity index (χ3n) is 5.02. The molecule has 0 aliphatic heterocycles.